The van der Waals surface area contributed by atoms with E-state index in [9.17, 15) is 4.79 Å². The van der Waals surface area contributed by atoms with E-state index < -0.39 is 0 Å². The maximum absolute atomic E-state index is 11.9. The zero-order valence-electron chi connectivity index (χ0n) is 15.1. The van der Waals surface area contributed by atoms with Gasteiger partial charge in [0.25, 0.3) is 0 Å². The lowest BCUT2D eigenvalue weighted by molar-refractivity contribution is 0.0988. The molecular weight excluding hydrogens is 324 g/mol. The van der Waals surface area contributed by atoms with Gasteiger partial charge in [-0.1, -0.05) is 50.5 Å². The Labute approximate surface area is 153 Å². The van der Waals surface area contributed by atoms with E-state index in [4.69, 9.17) is 0 Å². The summed E-state index contributed by atoms with van der Waals surface area (Å²) in [7, 11) is 0. The number of H-pyrrole nitrogens is 1. The number of ketones is 1. The highest BCUT2D eigenvalue weighted by Gasteiger charge is 2.18. The van der Waals surface area contributed by atoms with Crippen molar-refractivity contribution in [1.82, 2.24) is 15.2 Å². The first-order valence-electron chi connectivity index (χ1n) is 9.49. The van der Waals surface area contributed by atoms with Crippen LogP contribution in [-0.4, -0.2) is 27.0 Å². The van der Waals surface area contributed by atoms with Crippen LogP contribution in [0, 0.1) is 0 Å². The number of pyridine rings is 1. The summed E-state index contributed by atoms with van der Waals surface area (Å²) >= 11 is 0. The second-order valence-corrected chi connectivity index (χ2v) is 6.99. The molecule has 4 rings (SSSR count). The Morgan fingerprint density at radius 3 is 2.65 bits per heavy atom. The fourth-order valence-electron chi connectivity index (χ4n) is 3.74. The molecule has 3 aromatic rings. The minimum absolute atomic E-state index is 0.157. The van der Waals surface area contributed by atoms with Gasteiger partial charge in [0.1, 0.15) is 11.5 Å². The molecule has 0 saturated heterocycles. The second kappa shape index (κ2) is 7.28. The molecule has 1 aromatic carbocycles. The molecule has 1 aliphatic carbocycles. The van der Waals surface area contributed by atoms with Crippen molar-refractivity contribution in [3.05, 3.63) is 42.1 Å². The summed E-state index contributed by atoms with van der Waals surface area (Å²) < 4.78 is 0. The van der Waals surface area contributed by atoms with Crippen LogP contribution in [0.2, 0.25) is 0 Å². The van der Waals surface area contributed by atoms with Gasteiger partial charge in [0.2, 0.25) is 0 Å². The van der Waals surface area contributed by atoms with Crippen LogP contribution in [0.4, 0.5) is 5.82 Å². The number of Topliss-reactive ketones (excluding diaryl/α,β-unsaturated/α-hetero) is 1. The van der Waals surface area contributed by atoms with Crippen molar-refractivity contribution < 1.29 is 4.79 Å². The van der Waals surface area contributed by atoms with Crippen LogP contribution in [-0.2, 0) is 0 Å². The van der Waals surface area contributed by atoms with Crippen LogP contribution in [0.15, 0.2) is 36.5 Å². The van der Waals surface area contributed by atoms with Crippen LogP contribution in [0.5, 0.6) is 0 Å². The highest BCUT2D eigenvalue weighted by atomic mass is 16.1. The van der Waals surface area contributed by atoms with E-state index in [0.29, 0.717) is 12.5 Å². The Bertz CT molecular complexity index is 907. The zero-order chi connectivity index (χ0) is 17.9. The van der Waals surface area contributed by atoms with Gasteiger partial charge in [-0.05, 0) is 18.9 Å². The summed E-state index contributed by atoms with van der Waals surface area (Å²) in [6.07, 6.45) is 8.61. The van der Waals surface area contributed by atoms with Gasteiger partial charge < -0.3 is 5.32 Å². The SMILES string of the molecule is CCC(=O)c1ccc(-c2n[nH]c3ccnc(NC4CCCCC4)c23)cc1. The smallest absolute Gasteiger partial charge is 0.162 e. The van der Waals surface area contributed by atoms with E-state index >= 15 is 0 Å². The van der Waals surface area contributed by atoms with Crippen molar-refractivity contribution in [3.8, 4) is 11.3 Å². The average Bonchev–Trinajstić information content (AvgIpc) is 3.13. The van der Waals surface area contributed by atoms with Gasteiger partial charge in [-0.3, -0.25) is 9.89 Å². The fourth-order valence-corrected chi connectivity index (χ4v) is 3.74. The van der Waals surface area contributed by atoms with E-state index in [1.807, 2.05) is 43.5 Å². The zero-order valence-corrected chi connectivity index (χ0v) is 15.1. The molecule has 0 atom stereocenters. The van der Waals surface area contributed by atoms with Crippen molar-refractivity contribution in [2.45, 2.75) is 51.5 Å². The maximum atomic E-state index is 11.9. The summed E-state index contributed by atoms with van der Waals surface area (Å²) in [5.74, 6) is 1.05. The first kappa shape index (κ1) is 16.8. The predicted octanol–water partition coefficient (Wildman–Crippen LogP) is 4.96. The number of aromatic amines is 1. The van der Waals surface area contributed by atoms with Crippen molar-refractivity contribution >= 4 is 22.5 Å². The normalized spacial score (nSPS) is 15.3. The number of aromatic nitrogens is 3. The van der Waals surface area contributed by atoms with Crippen molar-refractivity contribution in [2.75, 3.05) is 5.32 Å². The van der Waals surface area contributed by atoms with Gasteiger partial charge in [-0.25, -0.2) is 4.98 Å². The molecule has 0 radical (unpaired) electrons. The number of hydrogen-bond acceptors (Lipinski definition) is 4. The van der Waals surface area contributed by atoms with E-state index in [-0.39, 0.29) is 5.78 Å². The van der Waals surface area contributed by atoms with E-state index in [2.05, 4.69) is 20.5 Å². The summed E-state index contributed by atoms with van der Waals surface area (Å²) in [6, 6.07) is 10.1. The molecule has 1 saturated carbocycles. The summed E-state index contributed by atoms with van der Waals surface area (Å²) in [5, 5.41) is 12.3. The number of benzene rings is 1. The topological polar surface area (TPSA) is 70.7 Å². The Morgan fingerprint density at radius 1 is 1.15 bits per heavy atom. The number of fused-ring (bicyclic) bond motifs is 1. The van der Waals surface area contributed by atoms with Crippen molar-refractivity contribution in [1.29, 1.82) is 0 Å². The molecule has 0 spiro atoms. The Morgan fingerprint density at radius 2 is 1.92 bits per heavy atom. The van der Waals surface area contributed by atoms with Crippen LogP contribution < -0.4 is 5.32 Å². The molecule has 5 nitrogen and oxygen atoms in total. The third-order valence-electron chi connectivity index (χ3n) is 5.22. The minimum atomic E-state index is 0.157. The van der Waals surface area contributed by atoms with Gasteiger partial charge in [-0.2, -0.15) is 5.10 Å². The molecule has 2 aromatic heterocycles. The molecule has 2 heterocycles. The van der Waals surface area contributed by atoms with Gasteiger partial charge >= 0.3 is 0 Å². The number of rotatable bonds is 5. The van der Waals surface area contributed by atoms with Crippen LogP contribution in [0.3, 0.4) is 0 Å². The molecule has 1 fully saturated rings. The highest BCUT2D eigenvalue weighted by molar-refractivity contribution is 6.01. The number of carbonyl (C=O) groups excluding carboxylic acids is 1. The number of carbonyl (C=O) groups is 1. The fraction of sp³-hybridized carbons (Fsp3) is 0.381. The molecule has 2 N–H and O–H groups in total. The number of hydrogen-bond donors (Lipinski definition) is 2. The number of anilines is 1. The molecule has 26 heavy (non-hydrogen) atoms. The molecule has 1 aliphatic rings. The summed E-state index contributed by atoms with van der Waals surface area (Å²) in [6.45, 7) is 1.88. The van der Waals surface area contributed by atoms with Gasteiger partial charge in [-0.15, -0.1) is 0 Å². The van der Waals surface area contributed by atoms with E-state index in [1.54, 1.807) is 0 Å². The lowest BCUT2D eigenvalue weighted by Gasteiger charge is -2.23. The summed E-state index contributed by atoms with van der Waals surface area (Å²) in [5.41, 5.74) is 3.59. The predicted molar refractivity (Wildman–Crippen MR) is 104 cm³/mol. The standard InChI is InChI=1S/C21H24N4O/c1-2-18(26)14-8-10-15(11-9-14)20-19-17(24-25-20)12-13-22-21(19)23-16-6-4-3-5-7-16/h8-13,16H,2-7H2,1H3,(H,22,23)(H,24,25). The maximum Gasteiger partial charge on any atom is 0.162 e. The van der Waals surface area contributed by atoms with Crippen molar-refractivity contribution in [3.63, 3.8) is 0 Å². The van der Waals surface area contributed by atoms with Crippen LogP contribution >= 0.6 is 0 Å². The lowest BCUT2D eigenvalue weighted by Crippen LogP contribution is -2.22. The molecular formula is C21H24N4O. The van der Waals surface area contributed by atoms with Crippen LogP contribution in [0.25, 0.3) is 22.2 Å². The minimum Gasteiger partial charge on any atom is -0.367 e. The number of nitrogens with zero attached hydrogens (tertiary/aromatic N) is 2. The molecule has 134 valence electrons. The third kappa shape index (κ3) is 3.21. The quantitative estimate of drug-likeness (QED) is 0.639. The Kier molecular flexibility index (Phi) is 4.69. The third-order valence-corrected chi connectivity index (χ3v) is 5.22. The van der Waals surface area contributed by atoms with E-state index in [1.165, 1.54) is 32.1 Å². The monoisotopic (exact) mass is 348 g/mol. The molecule has 0 unspecified atom stereocenters. The molecule has 0 amide bonds. The average molecular weight is 348 g/mol. The van der Waals surface area contributed by atoms with E-state index in [0.717, 1.165) is 33.5 Å². The summed E-state index contributed by atoms with van der Waals surface area (Å²) in [4.78, 5) is 16.5. The van der Waals surface area contributed by atoms with Crippen molar-refractivity contribution in [2.24, 2.45) is 0 Å². The Balaban J connectivity index is 1.70. The molecule has 0 bridgehead atoms. The molecule has 0 aliphatic heterocycles. The second-order valence-electron chi connectivity index (χ2n) is 6.99. The highest BCUT2D eigenvalue weighted by Crippen LogP contribution is 2.32. The van der Waals surface area contributed by atoms with Gasteiger partial charge in [0, 0.05) is 29.8 Å². The Hall–Kier alpha value is -2.69. The molecule has 5 heteroatoms. The van der Waals surface area contributed by atoms with Gasteiger partial charge in [0.05, 0.1) is 10.9 Å². The van der Waals surface area contributed by atoms with Gasteiger partial charge in [0.15, 0.2) is 5.78 Å². The largest absolute Gasteiger partial charge is 0.367 e. The first-order valence-corrected chi connectivity index (χ1v) is 9.49. The van der Waals surface area contributed by atoms with Crippen LogP contribution in [0.1, 0.15) is 55.8 Å². The number of nitrogens with one attached hydrogen (secondary N) is 2. The lowest BCUT2D eigenvalue weighted by atomic mass is 9.95. The first-order chi connectivity index (χ1) is 12.8.